The summed E-state index contributed by atoms with van der Waals surface area (Å²) < 4.78 is 4.76. The van der Waals surface area contributed by atoms with Gasteiger partial charge >= 0.3 is 0 Å². The summed E-state index contributed by atoms with van der Waals surface area (Å²) in [7, 11) is 0. The highest BCUT2D eigenvalue weighted by atomic mass is 15.0. The standard InChI is InChI=1S/C37H23N3/c1-2-16-31-30(15-1)36(40-34-19-9-5-13-28(34)29-14-6-10-20-35(29)40)22-24-21-25(23-38-37(24)31)39-32-17-7-3-11-26(32)27-12-4-8-18-33(27)39/h1-23H. The van der Waals surface area contributed by atoms with Crippen LogP contribution in [0.1, 0.15) is 0 Å². The number of rotatable bonds is 2. The fraction of sp³-hybridized carbons (Fsp3) is 0. The van der Waals surface area contributed by atoms with Gasteiger partial charge in [0.1, 0.15) is 0 Å². The van der Waals surface area contributed by atoms with Crippen molar-refractivity contribution in [2.45, 2.75) is 0 Å². The number of benzene rings is 6. The van der Waals surface area contributed by atoms with Gasteiger partial charge in [-0.1, -0.05) is 97.1 Å². The van der Waals surface area contributed by atoms with E-state index >= 15 is 0 Å². The van der Waals surface area contributed by atoms with Gasteiger partial charge in [-0.25, -0.2) is 0 Å². The zero-order valence-electron chi connectivity index (χ0n) is 21.6. The van der Waals surface area contributed by atoms with Gasteiger partial charge in [-0.3, -0.25) is 4.98 Å². The van der Waals surface area contributed by atoms with E-state index in [0.717, 1.165) is 22.0 Å². The fourth-order valence-electron chi connectivity index (χ4n) is 6.63. The molecule has 0 saturated heterocycles. The van der Waals surface area contributed by atoms with Crippen LogP contribution in [0.4, 0.5) is 0 Å². The summed E-state index contributed by atoms with van der Waals surface area (Å²) >= 11 is 0. The van der Waals surface area contributed by atoms with Crippen molar-refractivity contribution in [2.24, 2.45) is 0 Å². The van der Waals surface area contributed by atoms with Crippen LogP contribution in [0.2, 0.25) is 0 Å². The average molecular weight is 510 g/mol. The molecule has 0 radical (unpaired) electrons. The summed E-state index contributed by atoms with van der Waals surface area (Å²) in [5, 5.41) is 8.50. The summed E-state index contributed by atoms with van der Waals surface area (Å²) in [6, 6.07) is 47.9. The van der Waals surface area contributed by atoms with E-state index < -0.39 is 0 Å². The van der Waals surface area contributed by atoms with Gasteiger partial charge in [-0.15, -0.1) is 0 Å². The number of fused-ring (bicyclic) bond motifs is 9. The minimum Gasteiger partial charge on any atom is -0.309 e. The molecule has 0 aliphatic heterocycles. The number of nitrogens with zero attached hydrogens (tertiary/aromatic N) is 3. The van der Waals surface area contributed by atoms with Gasteiger partial charge in [0.05, 0.1) is 45.2 Å². The van der Waals surface area contributed by atoms with E-state index in [1.165, 1.54) is 54.7 Å². The first-order valence-electron chi connectivity index (χ1n) is 13.7. The van der Waals surface area contributed by atoms with E-state index in [1.54, 1.807) is 0 Å². The van der Waals surface area contributed by atoms with Crippen molar-refractivity contribution < 1.29 is 0 Å². The van der Waals surface area contributed by atoms with Crippen molar-refractivity contribution in [2.75, 3.05) is 0 Å². The molecule has 0 atom stereocenters. The van der Waals surface area contributed by atoms with Gasteiger partial charge in [0.15, 0.2) is 0 Å². The van der Waals surface area contributed by atoms with E-state index in [-0.39, 0.29) is 0 Å². The lowest BCUT2D eigenvalue weighted by Crippen LogP contribution is -1.99. The molecule has 0 N–H and O–H groups in total. The Morgan fingerprint density at radius 3 is 1.35 bits per heavy atom. The highest BCUT2D eigenvalue weighted by Gasteiger charge is 2.17. The lowest BCUT2D eigenvalue weighted by molar-refractivity contribution is 1.16. The number of aromatic nitrogens is 3. The molecule has 9 aromatic rings. The van der Waals surface area contributed by atoms with Gasteiger partial charge in [-0.05, 0) is 36.4 Å². The molecule has 3 heteroatoms. The molecule has 9 rings (SSSR count). The maximum absolute atomic E-state index is 5.10. The topological polar surface area (TPSA) is 22.8 Å². The zero-order chi connectivity index (χ0) is 26.2. The number of hydrogen-bond donors (Lipinski definition) is 0. The SMILES string of the molecule is c1ccc2c(c1)c(-n1c3ccccc3c3ccccc31)cc1cc(-n3c4ccccc4c4ccccc43)cnc12. The normalized spacial score (nSPS) is 12.0. The van der Waals surface area contributed by atoms with Crippen molar-refractivity contribution in [3.05, 3.63) is 140 Å². The summed E-state index contributed by atoms with van der Waals surface area (Å²) in [5.74, 6) is 0. The van der Waals surface area contributed by atoms with E-state index in [4.69, 9.17) is 4.98 Å². The first kappa shape index (κ1) is 21.5. The van der Waals surface area contributed by atoms with E-state index in [1.807, 2.05) is 6.20 Å². The van der Waals surface area contributed by atoms with Gasteiger partial charge < -0.3 is 9.13 Å². The molecular formula is C37H23N3. The number of hydrogen-bond acceptors (Lipinski definition) is 1. The second-order valence-corrected chi connectivity index (χ2v) is 10.4. The molecule has 0 aliphatic rings. The van der Waals surface area contributed by atoms with Crippen LogP contribution in [0, 0.1) is 0 Å². The molecule has 3 aromatic heterocycles. The highest BCUT2D eigenvalue weighted by Crippen LogP contribution is 2.38. The number of para-hydroxylation sites is 4. The van der Waals surface area contributed by atoms with E-state index in [0.29, 0.717) is 0 Å². The smallest absolute Gasteiger partial charge is 0.0783 e. The second-order valence-electron chi connectivity index (χ2n) is 10.4. The first-order valence-corrected chi connectivity index (χ1v) is 13.7. The Hall–Kier alpha value is -5.41. The molecule has 186 valence electrons. The molecule has 0 bridgehead atoms. The Kier molecular flexibility index (Phi) is 4.33. The van der Waals surface area contributed by atoms with Crippen molar-refractivity contribution in [1.82, 2.24) is 14.1 Å². The van der Waals surface area contributed by atoms with Crippen LogP contribution in [0.5, 0.6) is 0 Å². The number of pyridine rings is 1. The molecule has 0 saturated carbocycles. The van der Waals surface area contributed by atoms with Gasteiger partial charge in [0.2, 0.25) is 0 Å². The molecule has 0 fully saturated rings. The van der Waals surface area contributed by atoms with E-state index in [2.05, 4.69) is 143 Å². The predicted molar refractivity (Wildman–Crippen MR) is 168 cm³/mol. The van der Waals surface area contributed by atoms with Crippen molar-refractivity contribution in [3.63, 3.8) is 0 Å². The predicted octanol–water partition coefficient (Wildman–Crippen LogP) is 9.58. The van der Waals surface area contributed by atoms with Gasteiger partial charge in [0, 0.05) is 37.7 Å². The Bertz CT molecular complexity index is 2330. The van der Waals surface area contributed by atoms with Crippen molar-refractivity contribution in [3.8, 4) is 11.4 Å². The molecule has 6 aromatic carbocycles. The lowest BCUT2D eigenvalue weighted by atomic mass is 10.0. The maximum Gasteiger partial charge on any atom is 0.0783 e. The molecule has 0 spiro atoms. The monoisotopic (exact) mass is 509 g/mol. The van der Waals surface area contributed by atoms with Crippen LogP contribution in [-0.2, 0) is 0 Å². The minimum atomic E-state index is 1.02. The molecule has 0 aliphatic carbocycles. The third kappa shape index (κ3) is 2.86. The second kappa shape index (κ2) is 8.05. The van der Waals surface area contributed by atoms with Crippen LogP contribution in [0.15, 0.2) is 140 Å². The summed E-state index contributed by atoms with van der Waals surface area (Å²) in [4.78, 5) is 5.10. The van der Waals surface area contributed by atoms with Crippen molar-refractivity contribution >= 4 is 65.3 Å². The first-order chi connectivity index (χ1) is 19.9. The molecule has 0 unspecified atom stereocenters. The summed E-state index contributed by atoms with van der Waals surface area (Å²) in [6.45, 7) is 0. The van der Waals surface area contributed by atoms with Crippen molar-refractivity contribution in [1.29, 1.82) is 0 Å². The van der Waals surface area contributed by atoms with Gasteiger partial charge in [-0.2, -0.15) is 0 Å². The third-order valence-electron chi connectivity index (χ3n) is 8.31. The fourth-order valence-corrected chi connectivity index (χ4v) is 6.63. The Morgan fingerprint density at radius 2 is 0.825 bits per heavy atom. The van der Waals surface area contributed by atoms with Crippen LogP contribution in [-0.4, -0.2) is 14.1 Å². The molecular weight excluding hydrogens is 486 g/mol. The average Bonchev–Trinajstić information content (AvgIpc) is 3.54. The quantitative estimate of drug-likeness (QED) is 0.213. The Morgan fingerprint density at radius 1 is 0.400 bits per heavy atom. The minimum absolute atomic E-state index is 1.02. The van der Waals surface area contributed by atoms with Gasteiger partial charge in [0.25, 0.3) is 0 Å². The maximum atomic E-state index is 5.10. The molecule has 0 amide bonds. The zero-order valence-corrected chi connectivity index (χ0v) is 21.6. The van der Waals surface area contributed by atoms with E-state index in [9.17, 15) is 0 Å². The lowest BCUT2D eigenvalue weighted by Gasteiger charge is -2.15. The molecule has 3 nitrogen and oxygen atoms in total. The molecule has 3 heterocycles. The Labute approximate surface area is 230 Å². The molecule has 40 heavy (non-hydrogen) atoms. The van der Waals surface area contributed by atoms with Crippen LogP contribution in [0.25, 0.3) is 76.7 Å². The van der Waals surface area contributed by atoms with Crippen LogP contribution >= 0.6 is 0 Å². The van der Waals surface area contributed by atoms with Crippen LogP contribution in [0.3, 0.4) is 0 Å². The largest absolute Gasteiger partial charge is 0.309 e. The third-order valence-corrected chi connectivity index (χ3v) is 8.31. The van der Waals surface area contributed by atoms with Crippen LogP contribution < -0.4 is 0 Å². The Balaban J connectivity index is 1.40. The summed E-state index contributed by atoms with van der Waals surface area (Å²) in [6.07, 6.45) is 2.02. The summed E-state index contributed by atoms with van der Waals surface area (Å²) in [5.41, 5.74) is 8.04. The highest BCUT2D eigenvalue weighted by molar-refractivity contribution is 6.15.